The lowest BCUT2D eigenvalue weighted by molar-refractivity contribution is -0.159. The van der Waals surface area contributed by atoms with Crippen LogP contribution in [-0.2, 0) is 54.2 Å². The molecule has 0 unspecified atom stereocenters. The van der Waals surface area contributed by atoms with Crippen LogP contribution in [0.4, 0.5) is 0 Å². The largest absolute Gasteiger partial charge is 0.455 e. The highest BCUT2D eigenvalue weighted by molar-refractivity contribution is 7.86. The van der Waals surface area contributed by atoms with E-state index < -0.39 is 74.7 Å². The van der Waals surface area contributed by atoms with Crippen molar-refractivity contribution in [1.29, 1.82) is 0 Å². The third-order valence-corrected chi connectivity index (χ3v) is 6.28. The minimum absolute atomic E-state index is 0.112. The molecule has 37 heavy (non-hydrogen) atoms. The molecule has 14 nitrogen and oxygen atoms in total. The zero-order chi connectivity index (χ0) is 27.4. The molecule has 0 saturated carbocycles. The number of carbonyl (C=O) groups excluding carboxylic acids is 1. The molecule has 1 saturated heterocycles. The van der Waals surface area contributed by atoms with E-state index in [0.717, 1.165) is 36.3 Å². The smallest absolute Gasteiger partial charge is 0.330 e. The van der Waals surface area contributed by atoms with E-state index in [1.807, 2.05) is 4.98 Å². The Morgan fingerprint density at radius 1 is 1.03 bits per heavy atom. The van der Waals surface area contributed by atoms with Gasteiger partial charge in [0.2, 0.25) is 0 Å². The minimum Gasteiger partial charge on any atom is -0.455 e. The van der Waals surface area contributed by atoms with E-state index in [9.17, 15) is 31.2 Å². The molecule has 1 N–H and O–H groups in total. The highest BCUT2D eigenvalue weighted by atomic mass is 32.2. The number of hydrogen-bond acceptors (Lipinski definition) is 12. The number of nitrogens with one attached hydrogen (secondary N) is 1. The Hall–Kier alpha value is -2.89. The number of hydrogen-bond donors (Lipinski definition) is 1. The van der Waals surface area contributed by atoms with Gasteiger partial charge in [-0.15, -0.1) is 0 Å². The summed E-state index contributed by atoms with van der Waals surface area (Å²) in [6.07, 6.45) is -1.75. The van der Waals surface area contributed by atoms with Crippen molar-refractivity contribution in [3.05, 3.63) is 69.0 Å². The van der Waals surface area contributed by atoms with Crippen molar-refractivity contribution < 1.29 is 44.2 Å². The van der Waals surface area contributed by atoms with Crippen LogP contribution in [0.3, 0.4) is 0 Å². The number of rotatable bonds is 11. The summed E-state index contributed by atoms with van der Waals surface area (Å²) in [5.41, 5.74) is -3.02. The molecule has 0 aliphatic carbocycles. The summed E-state index contributed by atoms with van der Waals surface area (Å²) in [7, 11) is -8.19. The molecule has 3 atom stereocenters. The maximum Gasteiger partial charge on any atom is 0.330 e. The van der Waals surface area contributed by atoms with Gasteiger partial charge in [-0.1, -0.05) is 30.3 Å². The monoisotopic (exact) mass is 562 g/mol. The molecule has 1 aliphatic rings. The van der Waals surface area contributed by atoms with Crippen LogP contribution in [0.1, 0.15) is 18.7 Å². The number of ether oxygens (including phenoxy) is 3. The first kappa shape index (κ1) is 28.7. The van der Waals surface area contributed by atoms with Gasteiger partial charge < -0.3 is 14.2 Å². The highest BCUT2D eigenvalue weighted by Crippen LogP contribution is 2.42. The molecular formula is C21H26N2O12S2. The average molecular weight is 563 g/mol. The molecule has 16 heteroatoms. The first-order valence-corrected chi connectivity index (χ1v) is 14.3. The molecule has 2 heterocycles. The summed E-state index contributed by atoms with van der Waals surface area (Å²) in [6, 6.07) is 9.71. The minimum atomic E-state index is -4.09. The summed E-state index contributed by atoms with van der Waals surface area (Å²) >= 11 is 0. The number of nitrogens with zero attached hydrogens (tertiary/aromatic N) is 1. The van der Waals surface area contributed by atoms with Gasteiger partial charge in [0.15, 0.2) is 17.9 Å². The molecule has 1 fully saturated rings. The molecule has 204 valence electrons. The Kier molecular flexibility index (Phi) is 8.71. The average Bonchev–Trinajstić information content (AvgIpc) is 3.07. The van der Waals surface area contributed by atoms with Crippen molar-refractivity contribution in [3.63, 3.8) is 0 Å². The molecule has 0 spiro atoms. The Bertz CT molecular complexity index is 1400. The fraction of sp³-hybridized carbons (Fsp3) is 0.476. The van der Waals surface area contributed by atoms with Crippen molar-refractivity contribution in [2.45, 2.75) is 37.6 Å². The Morgan fingerprint density at radius 3 is 2.14 bits per heavy atom. The van der Waals surface area contributed by atoms with Gasteiger partial charge in [-0.05, 0) is 5.56 Å². The van der Waals surface area contributed by atoms with Crippen molar-refractivity contribution in [3.8, 4) is 0 Å². The first-order valence-electron chi connectivity index (χ1n) is 10.7. The zero-order valence-electron chi connectivity index (χ0n) is 20.1. The van der Waals surface area contributed by atoms with Crippen molar-refractivity contribution in [2.75, 3.05) is 25.7 Å². The number of aromatic amines is 1. The van der Waals surface area contributed by atoms with Crippen LogP contribution in [0, 0.1) is 0 Å². The maximum atomic E-state index is 12.6. The molecule has 1 aliphatic heterocycles. The maximum absolute atomic E-state index is 12.6. The Labute approximate surface area is 212 Å². The second-order valence-electron chi connectivity index (χ2n) is 8.31. The van der Waals surface area contributed by atoms with Crippen LogP contribution in [0.25, 0.3) is 0 Å². The normalized spacial score (nSPS) is 21.5. The fourth-order valence-electron chi connectivity index (χ4n) is 3.67. The van der Waals surface area contributed by atoms with Crippen LogP contribution in [0.15, 0.2) is 52.2 Å². The van der Waals surface area contributed by atoms with Gasteiger partial charge in [-0.2, -0.15) is 16.8 Å². The third-order valence-electron chi connectivity index (χ3n) is 5.19. The summed E-state index contributed by atoms with van der Waals surface area (Å²) in [4.78, 5) is 38.3. The molecular weight excluding hydrogens is 536 g/mol. The predicted octanol–water partition coefficient (Wildman–Crippen LogP) is -0.726. The molecule has 0 amide bonds. The molecule has 0 bridgehead atoms. The van der Waals surface area contributed by atoms with Gasteiger partial charge in [-0.3, -0.25) is 27.5 Å². The predicted molar refractivity (Wildman–Crippen MR) is 126 cm³/mol. The van der Waals surface area contributed by atoms with Gasteiger partial charge in [0.25, 0.3) is 25.8 Å². The highest BCUT2D eigenvalue weighted by Gasteiger charge is 2.60. The lowest BCUT2D eigenvalue weighted by Crippen LogP contribution is -2.53. The quantitative estimate of drug-likeness (QED) is 0.268. The summed E-state index contributed by atoms with van der Waals surface area (Å²) in [5.74, 6) is -0.812. The van der Waals surface area contributed by atoms with Crippen LogP contribution in [0.2, 0.25) is 0 Å². The van der Waals surface area contributed by atoms with Gasteiger partial charge >= 0.3 is 11.7 Å². The van der Waals surface area contributed by atoms with E-state index >= 15 is 0 Å². The molecule has 1 aromatic heterocycles. The van der Waals surface area contributed by atoms with Crippen LogP contribution < -0.4 is 11.2 Å². The standard InChI is InChI=1S/C21H26N2O12S2/c1-14(24)34-17-18(31-11-15-7-5-4-6-8-15)21(12-32-36(2,27)28,13-33-37(3,29)30)35-19(17)23-10-9-16(25)22-20(23)26/h4-10,17-19H,11-13H2,1-3H3,(H,22,25,26)/t17-,18+,19-/m1/s1. The Morgan fingerprint density at radius 2 is 1.62 bits per heavy atom. The van der Waals surface area contributed by atoms with Gasteiger partial charge in [0.05, 0.1) is 19.1 Å². The molecule has 1 aromatic carbocycles. The molecule has 0 radical (unpaired) electrons. The SMILES string of the molecule is CC(=O)O[C@H]1[C@H](n2ccc(=O)[nH]c2=O)OC(COS(C)(=O)=O)(COS(C)(=O)=O)[C@H]1OCc1ccccc1. The van der Waals surface area contributed by atoms with E-state index in [-0.39, 0.29) is 6.61 Å². The first-order chi connectivity index (χ1) is 17.2. The van der Waals surface area contributed by atoms with Gasteiger partial charge in [0.1, 0.15) is 19.3 Å². The number of carbonyl (C=O) groups is 1. The van der Waals surface area contributed by atoms with E-state index in [2.05, 4.69) is 0 Å². The van der Waals surface area contributed by atoms with E-state index in [4.69, 9.17) is 22.6 Å². The summed E-state index contributed by atoms with van der Waals surface area (Å²) < 4.78 is 75.7. The van der Waals surface area contributed by atoms with Crippen LogP contribution in [0.5, 0.6) is 0 Å². The lowest BCUT2D eigenvalue weighted by atomic mass is 9.96. The fourth-order valence-corrected chi connectivity index (χ4v) is 4.50. The number of benzene rings is 1. The summed E-state index contributed by atoms with van der Waals surface area (Å²) in [6.45, 7) is -0.680. The topological polar surface area (TPSA) is 186 Å². The second-order valence-corrected chi connectivity index (χ2v) is 11.6. The van der Waals surface area contributed by atoms with Crippen molar-refractivity contribution in [2.24, 2.45) is 0 Å². The van der Waals surface area contributed by atoms with E-state index in [0.29, 0.717) is 5.56 Å². The Balaban J connectivity index is 2.15. The third kappa shape index (κ3) is 7.80. The van der Waals surface area contributed by atoms with Crippen LogP contribution >= 0.6 is 0 Å². The van der Waals surface area contributed by atoms with Crippen LogP contribution in [-0.4, -0.2) is 75.9 Å². The second kappa shape index (κ2) is 11.2. The number of esters is 1. The molecule has 3 rings (SSSR count). The molecule has 2 aromatic rings. The van der Waals surface area contributed by atoms with Crippen molar-refractivity contribution in [1.82, 2.24) is 9.55 Å². The van der Waals surface area contributed by atoms with Crippen molar-refractivity contribution >= 4 is 26.2 Å². The van der Waals surface area contributed by atoms with E-state index in [1.54, 1.807) is 30.3 Å². The zero-order valence-corrected chi connectivity index (χ0v) is 21.7. The number of H-pyrrole nitrogens is 1. The number of aromatic nitrogens is 2. The van der Waals surface area contributed by atoms with Gasteiger partial charge in [-0.25, -0.2) is 4.79 Å². The summed E-state index contributed by atoms with van der Waals surface area (Å²) in [5, 5.41) is 0. The van der Waals surface area contributed by atoms with E-state index in [1.165, 1.54) is 0 Å². The lowest BCUT2D eigenvalue weighted by Gasteiger charge is -2.33. The van der Waals surface area contributed by atoms with Gasteiger partial charge in [0, 0.05) is 19.2 Å².